The maximum Gasteiger partial charge on any atom is 0.310 e. The number of methoxy groups -OCH3 is 1. The fourth-order valence-electron chi connectivity index (χ4n) is 1.69. The molecule has 3 nitrogen and oxygen atoms in total. The third-order valence-corrected chi connectivity index (χ3v) is 4.61. The smallest absolute Gasteiger partial charge is 0.310 e. The molecule has 20 heavy (non-hydrogen) atoms. The van der Waals surface area contributed by atoms with Crippen LogP contribution >= 0.6 is 23.1 Å². The fraction of sp³-hybridized carbons (Fsp3) is 0.200. The summed E-state index contributed by atoms with van der Waals surface area (Å²) < 4.78 is 4.61. The quantitative estimate of drug-likeness (QED) is 0.482. The predicted molar refractivity (Wildman–Crippen MR) is 81.7 cm³/mol. The molecule has 0 aliphatic heterocycles. The van der Waals surface area contributed by atoms with E-state index in [-0.39, 0.29) is 18.2 Å². The summed E-state index contributed by atoms with van der Waals surface area (Å²) in [5.74, 6) is -0.311. The first-order chi connectivity index (χ1) is 9.63. The number of hydrogen-bond acceptors (Lipinski definition) is 5. The number of thioether (sulfide) groups is 1. The van der Waals surface area contributed by atoms with E-state index in [1.54, 1.807) is 23.9 Å². The van der Waals surface area contributed by atoms with E-state index in [1.165, 1.54) is 18.4 Å². The Morgan fingerprint density at radius 3 is 2.45 bits per heavy atom. The lowest BCUT2D eigenvalue weighted by molar-refractivity contribution is -0.139. The van der Waals surface area contributed by atoms with E-state index in [0.29, 0.717) is 10.4 Å². The summed E-state index contributed by atoms with van der Waals surface area (Å²) in [6, 6.07) is 11.1. The predicted octanol–water partition coefficient (Wildman–Crippen LogP) is 3.42. The number of esters is 1. The maximum absolute atomic E-state index is 12.3. The molecule has 104 valence electrons. The summed E-state index contributed by atoms with van der Waals surface area (Å²) in [5, 5.41) is 0. The number of carbonyl (C=O) groups is 2. The first kappa shape index (κ1) is 14.8. The van der Waals surface area contributed by atoms with Crippen LogP contribution in [-0.4, -0.2) is 25.1 Å². The van der Waals surface area contributed by atoms with Crippen LogP contribution in [0.4, 0.5) is 0 Å². The monoisotopic (exact) mass is 306 g/mol. The van der Waals surface area contributed by atoms with Crippen LogP contribution in [0.1, 0.15) is 20.1 Å². The van der Waals surface area contributed by atoms with Crippen LogP contribution in [0.5, 0.6) is 0 Å². The molecular weight excluding hydrogens is 292 g/mol. The topological polar surface area (TPSA) is 43.4 Å². The Hall–Kier alpha value is -1.59. The van der Waals surface area contributed by atoms with Gasteiger partial charge in [0.1, 0.15) is 0 Å². The number of rotatable bonds is 5. The molecule has 0 bridgehead atoms. The van der Waals surface area contributed by atoms with Crippen molar-refractivity contribution >= 4 is 34.9 Å². The standard InChI is InChI=1S/C15H14O3S2/c1-18-14(16)9-12-7-8-13(20-12)15(17)10-3-5-11(19-2)6-4-10/h3-8H,9H2,1-2H3. The van der Waals surface area contributed by atoms with Crippen LogP contribution in [0, 0.1) is 0 Å². The summed E-state index contributed by atoms with van der Waals surface area (Å²) in [6.07, 6.45) is 2.20. The van der Waals surface area contributed by atoms with Gasteiger partial charge in [0.2, 0.25) is 5.78 Å². The lowest BCUT2D eigenvalue weighted by atomic mass is 10.1. The highest BCUT2D eigenvalue weighted by molar-refractivity contribution is 7.98. The third kappa shape index (κ3) is 3.49. The molecule has 1 aromatic heterocycles. The highest BCUT2D eigenvalue weighted by atomic mass is 32.2. The largest absolute Gasteiger partial charge is 0.469 e. The first-order valence-corrected chi connectivity index (χ1v) is 8.02. The molecule has 0 saturated carbocycles. The number of ketones is 1. The van der Waals surface area contributed by atoms with Gasteiger partial charge in [-0.2, -0.15) is 0 Å². The number of ether oxygens (including phenoxy) is 1. The van der Waals surface area contributed by atoms with Gasteiger partial charge in [0.25, 0.3) is 0 Å². The van der Waals surface area contributed by atoms with Crippen molar-refractivity contribution in [3.63, 3.8) is 0 Å². The lowest BCUT2D eigenvalue weighted by Gasteiger charge is -2.00. The Kier molecular flexibility index (Phi) is 4.98. The number of hydrogen-bond donors (Lipinski definition) is 0. The lowest BCUT2D eigenvalue weighted by Crippen LogP contribution is -2.02. The zero-order chi connectivity index (χ0) is 14.5. The average Bonchev–Trinajstić information content (AvgIpc) is 2.95. The van der Waals surface area contributed by atoms with Crippen LogP contribution in [0.25, 0.3) is 0 Å². The Morgan fingerprint density at radius 1 is 1.15 bits per heavy atom. The van der Waals surface area contributed by atoms with Gasteiger partial charge >= 0.3 is 5.97 Å². The molecule has 0 unspecified atom stereocenters. The summed E-state index contributed by atoms with van der Waals surface area (Å²) in [6.45, 7) is 0. The average molecular weight is 306 g/mol. The zero-order valence-electron chi connectivity index (χ0n) is 11.2. The molecule has 0 aliphatic carbocycles. The van der Waals surface area contributed by atoms with Crippen molar-refractivity contribution in [2.45, 2.75) is 11.3 Å². The second kappa shape index (κ2) is 6.72. The van der Waals surface area contributed by atoms with E-state index in [0.717, 1.165) is 9.77 Å². The molecule has 1 heterocycles. The van der Waals surface area contributed by atoms with E-state index < -0.39 is 0 Å². The van der Waals surface area contributed by atoms with Gasteiger partial charge in [0, 0.05) is 15.3 Å². The minimum absolute atomic E-state index is 0.0150. The molecular formula is C15H14O3S2. The van der Waals surface area contributed by atoms with Gasteiger partial charge in [-0.1, -0.05) is 0 Å². The van der Waals surface area contributed by atoms with Gasteiger partial charge in [-0.3, -0.25) is 9.59 Å². The molecule has 5 heteroatoms. The summed E-state index contributed by atoms with van der Waals surface area (Å²) in [5.41, 5.74) is 0.661. The van der Waals surface area contributed by atoms with E-state index in [1.807, 2.05) is 30.5 Å². The van der Waals surface area contributed by atoms with Crippen LogP contribution in [0.15, 0.2) is 41.3 Å². The second-order valence-corrected chi connectivity index (χ2v) is 6.12. The van der Waals surface area contributed by atoms with Crippen molar-refractivity contribution in [3.05, 3.63) is 51.7 Å². The molecule has 0 aliphatic rings. The van der Waals surface area contributed by atoms with Crippen LogP contribution < -0.4 is 0 Å². The Labute approximate surface area is 126 Å². The highest BCUT2D eigenvalue weighted by Crippen LogP contribution is 2.22. The minimum atomic E-state index is -0.296. The second-order valence-electron chi connectivity index (χ2n) is 4.08. The molecule has 0 N–H and O–H groups in total. The molecule has 0 fully saturated rings. The van der Waals surface area contributed by atoms with E-state index in [9.17, 15) is 9.59 Å². The number of carbonyl (C=O) groups excluding carboxylic acids is 2. The molecule has 0 radical (unpaired) electrons. The van der Waals surface area contributed by atoms with Crippen molar-refractivity contribution in [1.29, 1.82) is 0 Å². The first-order valence-electron chi connectivity index (χ1n) is 5.98. The van der Waals surface area contributed by atoms with Gasteiger partial charge in [-0.15, -0.1) is 23.1 Å². The van der Waals surface area contributed by atoms with Crippen LogP contribution in [0.3, 0.4) is 0 Å². The molecule has 0 atom stereocenters. The molecule has 2 rings (SSSR count). The summed E-state index contributed by atoms with van der Waals surface area (Å²) in [7, 11) is 1.36. The Bertz CT molecular complexity index is 614. The number of benzene rings is 1. The van der Waals surface area contributed by atoms with Crippen molar-refractivity contribution in [3.8, 4) is 0 Å². The normalized spacial score (nSPS) is 10.3. The Morgan fingerprint density at radius 2 is 1.85 bits per heavy atom. The molecule has 1 aromatic carbocycles. The highest BCUT2D eigenvalue weighted by Gasteiger charge is 2.13. The van der Waals surface area contributed by atoms with Crippen LogP contribution in [0.2, 0.25) is 0 Å². The van der Waals surface area contributed by atoms with Crippen molar-refractivity contribution < 1.29 is 14.3 Å². The minimum Gasteiger partial charge on any atom is -0.469 e. The molecule has 0 spiro atoms. The van der Waals surface area contributed by atoms with E-state index in [2.05, 4.69) is 4.74 Å². The van der Waals surface area contributed by atoms with Crippen molar-refractivity contribution in [1.82, 2.24) is 0 Å². The van der Waals surface area contributed by atoms with Gasteiger partial charge in [-0.25, -0.2) is 0 Å². The fourth-order valence-corrected chi connectivity index (χ4v) is 3.06. The van der Waals surface area contributed by atoms with Crippen molar-refractivity contribution in [2.24, 2.45) is 0 Å². The summed E-state index contributed by atoms with van der Waals surface area (Å²) >= 11 is 2.97. The van der Waals surface area contributed by atoms with E-state index in [4.69, 9.17) is 0 Å². The van der Waals surface area contributed by atoms with Gasteiger partial charge < -0.3 is 4.74 Å². The van der Waals surface area contributed by atoms with Gasteiger partial charge in [-0.05, 0) is 42.7 Å². The molecule has 2 aromatic rings. The number of thiophene rings is 1. The Balaban J connectivity index is 2.14. The van der Waals surface area contributed by atoms with Crippen LogP contribution in [-0.2, 0) is 16.0 Å². The third-order valence-electron chi connectivity index (χ3n) is 2.78. The van der Waals surface area contributed by atoms with E-state index >= 15 is 0 Å². The van der Waals surface area contributed by atoms with Crippen molar-refractivity contribution in [2.75, 3.05) is 13.4 Å². The maximum atomic E-state index is 12.3. The molecule has 0 amide bonds. The van der Waals surface area contributed by atoms with Gasteiger partial charge in [0.05, 0.1) is 18.4 Å². The van der Waals surface area contributed by atoms with Gasteiger partial charge in [0.15, 0.2) is 0 Å². The molecule has 0 saturated heterocycles. The SMILES string of the molecule is COC(=O)Cc1ccc(C(=O)c2ccc(SC)cc2)s1. The summed E-state index contributed by atoms with van der Waals surface area (Å²) in [4.78, 5) is 26.1. The zero-order valence-corrected chi connectivity index (χ0v) is 12.8.